The van der Waals surface area contributed by atoms with Gasteiger partial charge in [-0.3, -0.25) is 4.79 Å². The highest BCUT2D eigenvalue weighted by molar-refractivity contribution is 9.10. The van der Waals surface area contributed by atoms with E-state index in [0.717, 1.165) is 11.8 Å². The molecule has 1 heterocycles. The lowest BCUT2D eigenvalue weighted by Crippen LogP contribution is -2.42. The highest BCUT2D eigenvalue weighted by Crippen LogP contribution is 2.49. The lowest BCUT2D eigenvalue weighted by atomic mass is 9.84. The number of nitrogens with one attached hydrogen (secondary N) is 1. The quantitative estimate of drug-likeness (QED) is 0.828. The molecule has 2 saturated carbocycles. The zero-order valence-electron chi connectivity index (χ0n) is 12.2. The monoisotopic (exact) mass is 352 g/mol. The first-order chi connectivity index (χ1) is 10.1. The minimum absolute atomic E-state index is 0.0372. The Morgan fingerprint density at radius 1 is 1.52 bits per heavy atom. The summed E-state index contributed by atoms with van der Waals surface area (Å²) in [5, 5.41) is 3.10. The van der Waals surface area contributed by atoms with Crippen LogP contribution < -0.4 is 10.1 Å². The summed E-state index contributed by atoms with van der Waals surface area (Å²) >= 11 is 3.31. The molecule has 114 valence electrons. The fourth-order valence-electron chi connectivity index (χ4n) is 3.93. The van der Waals surface area contributed by atoms with Gasteiger partial charge in [0, 0.05) is 12.2 Å². The molecule has 0 aromatic carbocycles. The van der Waals surface area contributed by atoms with Crippen LogP contribution in [0.5, 0.6) is 5.75 Å². The Bertz CT molecular complexity index is 523. The molecule has 4 nitrogen and oxygen atoms in total. The van der Waals surface area contributed by atoms with Crippen molar-refractivity contribution < 1.29 is 9.53 Å². The fraction of sp³-hybridized carbons (Fsp3) is 0.625. The van der Waals surface area contributed by atoms with Gasteiger partial charge in [0.05, 0.1) is 0 Å². The van der Waals surface area contributed by atoms with Crippen LogP contribution in [-0.2, 0) is 4.79 Å². The average Bonchev–Trinajstić information content (AvgIpc) is 3.09. The topological polar surface area (TPSA) is 51.2 Å². The number of hydrogen-bond acceptors (Lipinski definition) is 3. The molecule has 2 aliphatic carbocycles. The molecule has 2 fully saturated rings. The van der Waals surface area contributed by atoms with E-state index < -0.39 is 0 Å². The molecule has 1 aromatic heterocycles. The summed E-state index contributed by atoms with van der Waals surface area (Å²) in [5.74, 6) is 2.92. The number of fused-ring (bicyclic) bond motifs is 2. The van der Waals surface area contributed by atoms with Crippen LogP contribution in [-0.4, -0.2) is 23.5 Å². The van der Waals surface area contributed by atoms with Gasteiger partial charge in [0.15, 0.2) is 12.4 Å². The van der Waals surface area contributed by atoms with Crippen molar-refractivity contribution in [1.29, 1.82) is 0 Å². The van der Waals surface area contributed by atoms with Crippen LogP contribution in [0.15, 0.2) is 22.9 Å². The minimum Gasteiger partial charge on any atom is -0.481 e. The second-order valence-corrected chi connectivity index (χ2v) is 7.03. The van der Waals surface area contributed by atoms with Crippen molar-refractivity contribution in [2.24, 2.45) is 17.8 Å². The molecule has 0 radical (unpaired) electrons. The van der Waals surface area contributed by atoms with E-state index in [-0.39, 0.29) is 18.6 Å². The van der Waals surface area contributed by atoms with E-state index in [4.69, 9.17) is 4.74 Å². The Balaban J connectivity index is 1.47. The third-order valence-corrected chi connectivity index (χ3v) is 5.50. The van der Waals surface area contributed by atoms with E-state index >= 15 is 0 Å². The van der Waals surface area contributed by atoms with E-state index in [2.05, 4.69) is 33.2 Å². The standard InChI is InChI=1S/C16H21BrN2O2/c1-10(13-8-11-4-5-12(13)7-11)19-15(20)9-21-14-3-2-6-18-16(14)17/h2-3,6,10-13H,4-5,7-9H2,1H3,(H,19,20)/t10-,11+,12+,13-/m1/s1. The molecule has 2 bridgehead atoms. The highest BCUT2D eigenvalue weighted by Gasteiger charge is 2.42. The molecule has 0 unspecified atom stereocenters. The van der Waals surface area contributed by atoms with Gasteiger partial charge in [-0.05, 0) is 72.0 Å². The molecule has 0 saturated heterocycles. The number of amides is 1. The molecular weight excluding hydrogens is 332 g/mol. The summed E-state index contributed by atoms with van der Waals surface area (Å²) in [6.07, 6.45) is 7.05. The number of carbonyl (C=O) groups is 1. The average molecular weight is 353 g/mol. The maximum Gasteiger partial charge on any atom is 0.258 e. The number of pyridine rings is 1. The van der Waals surface area contributed by atoms with Crippen LogP contribution in [0.4, 0.5) is 0 Å². The van der Waals surface area contributed by atoms with Gasteiger partial charge in [-0.15, -0.1) is 0 Å². The van der Waals surface area contributed by atoms with Crippen molar-refractivity contribution in [3.8, 4) is 5.75 Å². The molecule has 1 amide bonds. The molecule has 2 aliphatic rings. The number of rotatable bonds is 5. The van der Waals surface area contributed by atoms with Crippen LogP contribution >= 0.6 is 15.9 Å². The molecule has 5 heteroatoms. The van der Waals surface area contributed by atoms with Gasteiger partial charge in [0.1, 0.15) is 4.60 Å². The van der Waals surface area contributed by atoms with Crippen LogP contribution in [0.3, 0.4) is 0 Å². The van der Waals surface area contributed by atoms with Gasteiger partial charge in [0.25, 0.3) is 5.91 Å². The van der Waals surface area contributed by atoms with Crippen LogP contribution in [0, 0.1) is 17.8 Å². The van der Waals surface area contributed by atoms with Gasteiger partial charge in [-0.25, -0.2) is 4.98 Å². The first-order valence-electron chi connectivity index (χ1n) is 7.66. The highest BCUT2D eigenvalue weighted by atomic mass is 79.9. The maximum atomic E-state index is 12.0. The number of ether oxygens (including phenoxy) is 1. The lowest BCUT2D eigenvalue weighted by molar-refractivity contribution is -0.124. The summed E-state index contributed by atoms with van der Waals surface area (Å²) in [7, 11) is 0. The van der Waals surface area contributed by atoms with Gasteiger partial charge in [-0.1, -0.05) is 6.42 Å². The van der Waals surface area contributed by atoms with Crippen LogP contribution in [0.25, 0.3) is 0 Å². The van der Waals surface area contributed by atoms with E-state index in [1.807, 2.05) is 0 Å². The van der Waals surface area contributed by atoms with Crippen molar-refractivity contribution in [1.82, 2.24) is 10.3 Å². The van der Waals surface area contributed by atoms with E-state index in [1.165, 1.54) is 25.7 Å². The number of hydrogen-bond donors (Lipinski definition) is 1. The first-order valence-corrected chi connectivity index (χ1v) is 8.45. The SMILES string of the molecule is C[C@@H](NC(=O)COc1cccnc1Br)[C@H]1C[C@H]2CC[C@H]1C2. The normalized spacial score (nSPS) is 28.4. The van der Waals surface area contributed by atoms with Crippen molar-refractivity contribution in [2.45, 2.75) is 38.6 Å². The molecule has 0 spiro atoms. The molecule has 21 heavy (non-hydrogen) atoms. The summed E-state index contributed by atoms with van der Waals surface area (Å²) in [5.41, 5.74) is 0. The predicted octanol–water partition coefficient (Wildman–Crippen LogP) is 3.16. The Hall–Kier alpha value is -1.10. The van der Waals surface area contributed by atoms with Gasteiger partial charge in [0.2, 0.25) is 0 Å². The smallest absolute Gasteiger partial charge is 0.258 e. The van der Waals surface area contributed by atoms with E-state index in [0.29, 0.717) is 16.3 Å². The molecule has 1 N–H and O–H groups in total. The zero-order valence-corrected chi connectivity index (χ0v) is 13.8. The van der Waals surface area contributed by atoms with Crippen molar-refractivity contribution in [2.75, 3.05) is 6.61 Å². The van der Waals surface area contributed by atoms with Crippen molar-refractivity contribution >= 4 is 21.8 Å². The molecule has 0 aliphatic heterocycles. The van der Waals surface area contributed by atoms with Crippen molar-refractivity contribution in [3.63, 3.8) is 0 Å². The van der Waals surface area contributed by atoms with Crippen LogP contribution in [0.1, 0.15) is 32.6 Å². The third-order valence-electron chi connectivity index (χ3n) is 4.91. The van der Waals surface area contributed by atoms with E-state index in [1.54, 1.807) is 18.3 Å². The largest absolute Gasteiger partial charge is 0.481 e. The van der Waals surface area contributed by atoms with Gasteiger partial charge < -0.3 is 10.1 Å². The Morgan fingerprint density at radius 3 is 3.05 bits per heavy atom. The third kappa shape index (κ3) is 3.39. The summed E-state index contributed by atoms with van der Waals surface area (Å²) in [6.45, 7) is 2.17. The molecule has 1 aromatic rings. The van der Waals surface area contributed by atoms with Gasteiger partial charge in [-0.2, -0.15) is 0 Å². The lowest BCUT2D eigenvalue weighted by Gasteiger charge is -2.28. The molecule has 3 rings (SSSR count). The molecule has 4 atom stereocenters. The first kappa shape index (κ1) is 14.8. The number of carbonyl (C=O) groups excluding carboxylic acids is 1. The second-order valence-electron chi connectivity index (χ2n) is 6.28. The Kier molecular flexibility index (Phi) is 4.48. The summed E-state index contributed by atoms with van der Waals surface area (Å²) in [6, 6.07) is 3.83. The summed E-state index contributed by atoms with van der Waals surface area (Å²) in [4.78, 5) is 16.1. The molecular formula is C16H21BrN2O2. The fourth-order valence-corrected chi connectivity index (χ4v) is 4.30. The number of halogens is 1. The van der Waals surface area contributed by atoms with Crippen LogP contribution in [0.2, 0.25) is 0 Å². The van der Waals surface area contributed by atoms with Gasteiger partial charge >= 0.3 is 0 Å². The maximum absolute atomic E-state index is 12.0. The minimum atomic E-state index is -0.0546. The Morgan fingerprint density at radius 2 is 2.38 bits per heavy atom. The van der Waals surface area contributed by atoms with E-state index in [9.17, 15) is 4.79 Å². The Labute approximate surface area is 133 Å². The zero-order chi connectivity index (χ0) is 14.8. The second kappa shape index (κ2) is 6.34. The number of aromatic nitrogens is 1. The number of nitrogens with zero attached hydrogens (tertiary/aromatic N) is 1. The summed E-state index contributed by atoms with van der Waals surface area (Å²) < 4.78 is 6.13. The predicted molar refractivity (Wildman–Crippen MR) is 84.0 cm³/mol. The van der Waals surface area contributed by atoms with Crippen molar-refractivity contribution in [3.05, 3.63) is 22.9 Å².